The fourth-order valence-corrected chi connectivity index (χ4v) is 0.717. The maximum atomic E-state index is 10.5. The third-order valence-electron chi connectivity index (χ3n) is 1.28. The summed E-state index contributed by atoms with van der Waals surface area (Å²) in [5.41, 5.74) is 0. The van der Waals surface area contributed by atoms with Crippen molar-refractivity contribution in [3.63, 3.8) is 0 Å². The first-order valence-corrected chi connectivity index (χ1v) is 3.43. The Hall–Kier alpha value is 0.576. The number of carboxylic acid groups (broad SMARTS) is 1. The van der Waals surface area contributed by atoms with Crippen LogP contribution in [0.5, 0.6) is 0 Å². The predicted octanol–water partition coefficient (Wildman–Crippen LogP) is -4.10. The van der Waals surface area contributed by atoms with Crippen LogP contribution in [0.1, 0.15) is 20.8 Å². The van der Waals surface area contributed by atoms with Gasteiger partial charge in [-0.1, -0.05) is 13.8 Å². The third kappa shape index (κ3) is 6.13. The number of carboxylic acids is 1. The molecule has 1 amide bonds. The molecule has 0 aliphatic carbocycles. The van der Waals surface area contributed by atoms with Gasteiger partial charge in [0.05, 0.1) is 12.0 Å². The average molecular weight is 197 g/mol. The van der Waals surface area contributed by atoms with Gasteiger partial charge in [0.2, 0.25) is 5.91 Å². The summed E-state index contributed by atoms with van der Waals surface area (Å²) < 4.78 is 0. The summed E-state index contributed by atoms with van der Waals surface area (Å²) in [5.74, 6) is -1.74. The Labute approximate surface area is 115 Å². The van der Waals surface area contributed by atoms with E-state index in [1.165, 1.54) is 6.92 Å². The SMILES string of the molecule is CC(=O)NC(C(=O)[O-])C(C)C.[K+]. The van der Waals surface area contributed by atoms with Gasteiger partial charge in [0.25, 0.3) is 0 Å². The molecule has 0 bridgehead atoms. The van der Waals surface area contributed by atoms with Crippen LogP contribution in [0.3, 0.4) is 0 Å². The van der Waals surface area contributed by atoms with Crippen molar-refractivity contribution in [3.05, 3.63) is 0 Å². The number of carbonyl (C=O) groups excluding carboxylic acids is 2. The summed E-state index contributed by atoms with van der Waals surface area (Å²) >= 11 is 0. The second-order valence-corrected chi connectivity index (χ2v) is 2.74. The number of hydrogen-bond acceptors (Lipinski definition) is 3. The standard InChI is InChI=1S/C7H13NO3.K/c1-4(2)6(7(10)11)8-5(3)9;/h4,6H,1-3H3,(H,8,9)(H,10,11);/q;+1/p-1. The van der Waals surface area contributed by atoms with Gasteiger partial charge in [0, 0.05) is 6.92 Å². The second-order valence-electron chi connectivity index (χ2n) is 2.74. The zero-order valence-corrected chi connectivity index (χ0v) is 11.0. The van der Waals surface area contributed by atoms with E-state index in [2.05, 4.69) is 5.32 Å². The molecule has 0 fully saturated rings. The van der Waals surface area contributed by atoms with Crippen molar-refractivity contribution in [2.45, 2.75) is 26.8 Å². The van der Waals surface area contributed by atoms with E-state index in [9.17, 15) is 14.7 Å². The maximum Gasteiger partial charge on any atom is 1.00 e. The average Bonchev–Trinajstić information content (AvgIpc) is 1.81. The number of amides is 1. The molecule has 0 aromatic carbocycles. The van der Waals surface area contributed by atoms with E-state index in [-0.39, 0.29) is 63.2 Å². The van der Waals surface area contributed by atoms with Gasteiger partial charge in [-0.15, -0.1) is 0 Å². The van der Waals surface area contributed by atoms with Gasteiger partial charge >= 0.3 is 51.4 Å². The zero-order chi connectivity index (χ0) is 9.02. The predicted molar refractivity (Wildman–Crippen MR) is 37.4 cm³/mol. The Morgan fingerprint density at radius 2 is 1.75 bits per heavy atom. The third-order valence-corrected chi connectivity index (χ3v) is 1.28. The van der Waals surface area contributed by atoms with Crippen LogP contribution in [0.15, 0.2) is 0 Å². The molecule has 1 unspecified atom stereocenters. The molecule has 0 aliphatic rings. The molecular formula is C7H12KNO3. The summed E-state index contributed by atoms with van der Waals surface area (Å²) in [5, 5.41) is 12.6. The van der Waals surface area contributed by atoms with Gasteiger partial charge in [0.1, 0.15) is 0 Å². The van der Waals surface area contributed by atoms with Crippen molar-refractivity contribution in [2.24, 2.45) is 5.92 Å². The molecule has 0 aromatic heterocycles. The van der Waals surface area contributed by atoms with Gasteiger partial charge in [0.15, 0.2) is 0 Å². The summed E-state index contributed by atoms with van der Waals surface area (Å²) in [6, 6.07) is -0.882. The fourth-order valence-electron chi connectivity index (χ4n) is 0.717. The Morgan fingerprint density at radius 3 is 1.83 bits per heavy atom. The van der Waals surface area contributed by atoms with E-state index in [1.54, 1.807) is 13.8 Å². The summed E-state index contributed by atoms with van der Waals surface area (Å²) in [6.45, 7) is 4.69. The maximum absolute atomic E-state index is 10.5. The molecule has 4 nitrogen and oxygen atoms in total. The molecule has 0 aromatic rings. The normalized spacial score (nSPS) is 11.7. The molecule has 0 saturated heterocycles. The van der Waals surface area contributed by atoms with Crippen LogP contribution in [0.2, 0.25) is 0 Å². The number of hydrogen-bond donors (Lipinski definition) is 1. The molecule has 5 heteroatoms. The molecule has 0 radical (unpaired) electrons. The van der Waals surface area contributed by atoms with Crippen molar-refractivity contribution < 1.29 is 66.1 Å². The van der Waals surface area contributed by atoms with E-state index >= 15 is 0 Å². The van der Waals surface area contributed by atoms with Crippen LogP contribution in [-0.4, -0.2) is 17.9 Å². The minimum Gasteiger partial charge on any atom is -0.548 e. The number of nitrogens with one attached hydrogen (secondary N) is 1. The first-order chi connectivity index (χ1) is 4.95. The van der Waals surface area contributed by atoms with Crippen LogP contribution in [0, 0.1) is 5.92 Å². The molecule has 0 spiro atoms. The van der Waals surface area contributed by atoms with Crippen molar-refractivity contribution in [1.29, 1.82) is 0 Å². The van der Waals surface area contributed by atoms with Gasteiger partial charge < -0.3 is 15.2 Å². The zero-order valence-electron chi connectivity index (χ0n) is 7.88. The van der Waals surface area contributed by atoms with Crippen LogP contribution < -0.4 is 61.8 Å². The summed E-state index contributed by atoms with van der Waals surface area (Å²) in [4.78, 5) is 20.8. The Bertz CT molecular complexity index is 170. The Morgan fingerprint density at radius 1 is 1.33 bits per heavy atom. The molecule has 1 atom stereocenters. The molecule has 0 heterocycles. The van der Waals surface area contributed by atoms with E-state index in [0.29, 0.717) is 0 Å². The van der Waals surface area contributed by atoms with Crippen molar-refractivity contribution in [3.8, 4) is 0 Å². The summed E-state index contributed by atoms with van der Waals surface area (Å²) in [7, 11) is 0. The summed E-state index contributed by atoms with van der Waals surface area (Å²) in [6.07, 6.45) is 0. The van der Waals surface area contributed by atoms with Gasteiger partial charge in [-0.3, -0.25) is 4.79 Å². The molecule has 12 heavy (non-hydrogen) atoms. The first kappa shape index (κ1) is 15.1. The number of rotatable bonds is 3. The minimum atomic E-state index is -1.24. The number of carbonyl (C=O) groups is 2. The van der Waals surface area contributed by atoms with Gasteiger partial charge in [-0.05, 0) is 5.92 Å². The fraction of sp³-hybridized carbons (Fsp3) is 0.714. The quantitative estimate of drug-likeness (QED) is 0.468. The van der Waals surface area contributed by atoms with Crippen LogP contribution in [0.4, 0.5) is 0 Å². The molecule has 0 saturated carbocycles. The largest absolute Gasteiger partial charge is 1.00 e. The van der Waals surface area contributed by atoms with Gasteiger partial charge in [-0.2, -0.15) is 0 Å². The monoisotopic (exact) mass is 197 g/mol. The molecule has 1 N–H and O–H groups in total. The van der Waals surface area contributed by atoms with Crippen LogP contribution in [-0.2, 0) is 9.59 Å². The molecule has 64 valence electrons. The Kier molecular flexibility index (Phi) is 8.82. The minimum absolute atomic E-state index is 0. The van der Waals surface area contributed by atoms with Crippen molar-refractivity contribution >= 4 is 11.9 Å². The molecule has 0 rings (SSSR count). The smallest absolute Gasteiger partial charge is 0.548 e. The first-order valence-electron chi connectivity index (χ1n) is 3.43. The van der Waals surface area contributed by atoms with Crippen molar-refractivity contribution in [1.82, 2.24) is 5.32 Å². The van der Waals surface area contributed by atoms with E-state index in [0.717, 1.165) is 0 Å². The molecular weight excluding hydrogens is 185 g/mol. The van der Waals surface area contributed by atoms with Crippen LogP contribution >= 0.6 is 0 Å². The van der Waals surface area contributed by atoms with Gasteiger partial charge in [-0.25, -0.2) is 0 Å². The second kappa shape index (κ2) is 7.03. The van der Waals surface area contributed by atoms with E-state index in [4.69, 9.17) is 0 Å². The van der Waals surface area contributed by atoms with Crippen LogP contribution in [0.25, 0.3) is 0 Å². The van der Waals surface area contributed by atoms with E-state index in [1.807, 2.05) is 0 Å². The van der Waals surface area contributed by atoms with E-state index < -0.39 is 12.0 Å². The topological polar surface area (TPSA) is 69.2 Å². The van der Waals surface area contributed by atoms with Crippen molar-refractivity contribution in [2.75, 3.05) is 0 Å². The number of aliphatic carboxylic acids is 1. The Balaban J connectivity index is 0. The molecule has 0 aliphatic heterocycles.